The highest BCUT2D eigenvalue weighted by Crippen LogP contribution is 2.26. The molecule has 0 bridgehead atoms. The van der Waals surface area contributed by atoms with E-state index in [4.69, 9.17) is 0 Å². The van der Waals surface area contributed by atoms with Crippen LogP contribution < -0.4 is 10.1 Å². The Balaban J connectivity index is 2.71. The second-order valence-electron chi connectivity index (χ2n) is 5.01. The van der Waals surface area contributed by atoms with Crippen LogP contribution in [0.4, 0.5) is 13.2 Å². The Hall–Kier alpha value is -1.49. The van der Waals surface area contributed by atoms with Crippen molar-refractivity contribution in [2.45, 2.75) is 26.6 Å². The normalized spacial score (nSPS) is 14.7. The van der Waals surface area contributed by atoms with Gasteiger partial charge in [-0.2, -0.15) is 0 Å². The van der Waals surface area contributed by atoms with Gasteiger partial charge in [0.1, 0.15) is 5.75 Å². The van der Waals surface area contributed by atoms with Crippen LogP contribution in [0, 0.1) is 5.41 Å². The lowest BCUT2D eigenvalue weighted by Gasteiger charge is -2.26. The van der Waals surface area contributed by atoms with Gasteiger partial charge in [-0.3, -0.25) is 0 Å². The predicted octanol–water partition coefficient (Wildman–Crippen LogP) is 3.93. The molecule has 0 aliphatic carbocycles. The zero-order chi connectivity index (χ0) is 15.2. The first-order valence-corrected chi connectivity index (χ1v) is 6.47. The molecule has 1 unspecified atom stereocenters. The van der Waals surface area contributed by atoms with Gasteiger partial charge in [0.15, 0.2) is 0 Å². The molecule has 0 saturated carbocycles. The van der Waals surface area contributed by atoms with Gasteiger partial charge in [-0.25, -0.2) is 0 Å². The van der Waals surface area contributed by atoms with E-state index in [1.165, 1.54) is 12.1 Å². The molecule has 2 nitrogen and oxygen atoms in total. The summed E-state index contributed by atoms with van der Waals surface area (Å²) in [6.07, 6.45) is -2.08. The van der Waals surface area contributed by atoms with Crippen LogP contribution in [0.3, 0.4) is 0 Å². The van der Waals surface area contributed by atoms with E-state index in [0.717, 1.165) is 18.7 Å². The fourth-order valence-electron chi connectivity index (χ4n) is 1.89. The zero-order valence-electron chi connectivity index (χ0n) is 11.8. The van der Waals surface area contributed by atoms with E-state index < -0.39 is 6.36 Å². The highest BCUT2D eigenvalue weighted by molar-refractivity contribution is 5.28. The highest BCUT2D eigenvalue weighted by atomic mass is 19.4. The summed E-state index contributed by atoms with van der Waals surface area (Å²) in [7, 11) is 0. The van der Waals surface area contributed by atoms with E-state index in [-0.39, 0.29) is 11.2 Å². The fraction of sp³-hybridized carbons (Fsp3) is 0.467. The lowest BCUT2D eigenvalue weighted by molar-refractivity contribution is -0.274. The van der Waals surface area contributed by atoms with Gasteiger partial charge in [0.2, 0.25) is 0 Å². The van der Waals surface area contributed by atoms with Crippen molar-refractivity contribution in [1.82, 2.24) is 5.32 Å². The summed E-state index contributed by atoms with van der Waals surface area (Å²) in [4.78, 5) is 0. The van der Waals surface area contributed by atoms with Crippen LogP contribution in [-0.4, -0.2) is 19.5 Å². The first-order chi connectivity index (χ1) is 9.28. The van der Waals surface area contributed by atoms with Crippen molar-refractivity contribution >= 4 is 0 Å². The summed E-state index contributed by atoms with van der Waals surface area (Å²) in [6.45, 7) is 9.55. The molecule has 1 rings (SSSR count). The van der Waals surface area contributed by atoms with Crippen molar-refractivity contribution in [3.8, 4) is 5.75 Å². The van der Waals surface area contributed by atoms with Gasteiger partial charge in [0.05, 0.1) is 0 Å². The second-order valence-corrected chi connectivity index (χ2v) is 5.01. The third-order valence-electron chi connectivity index (χ3n) is 3.04. The molecule has 1 atom stereocenters. The summed E-state index contributed by atoms with van der Waals surface area (Å²) in [5.41, 5.74) is 0.808. The molecule has 0 aliphatic heterocycles. The van der Waals surface area contributed by atoms with Crippen LogP contribution in [0.15, 0.2) is 36.9 Å². The van der Waals surface area contributed by atoms with E-state index in [9.17, 15) is 13.2 Å². The Morgan fingerprint density at radius 2 is 1.85 bits per heavy atom. The molecule has 0 fully saturated rings. The standard InChI is InChI=1S/C15H20F3NO/c1-4-14(3,11-19-5-2)10-12-6-8-13(9-7-12)20-15(16,17)18/h4,6-9,19H,1,5,10-11H2,2-3H3. The average molecular weight is 287 g/mol. The third-order valence-corrected chi connectivity index (χ3v) is 3.04. The van der Waals surface area contributed by atoms with E-state index >= 15 is 0 Å². The molecule has 0 aromatic heterocycles. The SMILES string of the molecule is C=CC(C)(CNCC)Cc1ccc(OC(F)(F)F)cc1. The second kappa shape index (κ2) is 6.79. The van der Waals surface area contributed by atoms with Gasteiger partial charge in [0, 0.05) is 12.0 Å². The van der Waals surface area contributed by atoms with Gasteiger partial charge in [-0.05, 0) is 30.7 Å². The first-order valence-electron chi connectivity index (χ1n) is 6.47. The molecule has 1 aromatic rings. The van der Waals surface area contributed by atoms with Gasteiger partial charge < -0.3 is 10.1 Å². The van der Waals surface area contributed by atoms with E-state index in [1.807, 2.05) is 13.0 Å². The molecule has 20 heavy (non-hydrogen) atoms. The smallest absolute Gasteiger partial charge is 0.406 e. The van der Waals surface area contributed by atoms with Crippen molar-refractivity contribution in [1.29, 1.82) is 0 Å². The Kier molecular flexibility index (Phi) is 5.62. The van der Waals surface area contributed by atoms with Crippen molar-refractivity contribution in [3.05, 3.63) is 42.5 Å². The molecular formula is C15H20F3NO. The number of rotatable bonds is 7. The maximum absolute atomic E-state index is 12.1. The monoisotopic (exact) mass is 287 g/mol. The minimum atomic E-state index is -4.65. The van der Waals surface area contributed by atoms with E-state index in [1.54, 1.807) is 12.1 Å². The Labute approximate surface area is 117 Å². The average Bonchev–Trinajstić information content (AvgIpc) is 2.37. The summed E-state index contributed by atoms with van der Waals surface area (Å²) in [5, 5.41) is 3.26. The molecule has 0 radical (unpaired) electrons. The van der Waals surface area contributed by atoms with Crippen LogP contribution in [0.1, 0.15) is 19.4 Å². The molecule has 1 N–H and O–H groups in total. The van der Waals surface area contributed by atoms with E-state index in [0.29, 0.717) is 6.42 Å². The third kappa shape index (κ3) is 5.65. The van der Waals surface area contributed by atoms with Crippen molar-refractivity contribution in [2.75, 3.05) is 13.1 Å². The molecule has 0 aliphatic rings. The number of alkyl halides is 3. The molecular weight excluding hydrogens is 267 g/mol. The minimum absolute atomic E-state index is 0.136. The number of nitrogens with one attached hydrogen (secondary N) is 1. The maximum atomic E-state index is 12.1. The van der Waals surface area contributed by atoms with E-state index in [2.05, 4.69) is 23.6 Å². The van der Waals surface area contributed by atoms with Crippen LogP contribution >= 0.6 is 0 Å². The van der Waals surface area contributed by atoms with Crippen molar-refractivity contribution in [3.63, 3.8) is 0 Å². The molecule has 0 saturated heterocycles. The summed E-state index contributed by atoms with van der Waals surface area (Å²) in [5.74, 6) is -0.201. The summed E-state index contributed by atoms with van der Waals surface area (Å²) in [6, 6.07) is 5.96. The molecule has 0 amide bonds. The van der Waals surface area contributed by atoms with Crippen LogP contribution in [0.25, 0.3) is 0 Å². The predicted molar refractivity (Wildman–Crippen MR) is 73.7 cm³/mol. The van der Waals surface area contributed by atoms with Gasteiger partial charge in [0.25, 0.3) is 0 Å². The molecule has 0 heterocycles. The van der Waals surface area contributed by atoms with Crippen molar-refractivity contribution in [2.24, 2.45) is 5.41 Å². The number of benzene rings is 1. The topological polar surface area (TPSA) is 21.3 Å². The molecule has 112 valence electrons. The van der Waals surface area contributed by atoms with Crippen LogP contribution in [0.5, 0.6) is 5.75 Å². The largest absolute Gasteiger partial charge is 0.573 e. The zero-order valence-corrected chi connectivity index (χ0v) is 11.8. The summed E-state index contributed by atoms with van der Waals surface area (Å²) < 4.78 is 40.0. The number of hydrogen-bond acceptors (Lipinski definition) is 2. The maximum Gasteiger partial charge on any atom is 0.573 e. The quantitative estimate of drug-likeness (QED) is 0.767. The minimum Gasteiger partial charge on any atom is -0.406 e. The number of ether oxygens (including phenoxy) is 1. The van der Waals surface area contributed by atoms with Crippen LogP contribution in [-0.2, 0) is 6.42 Å². The first kappa shape index (κ1) is 16.6. The Morgan fingerprint density at radius 3 is 2.30 bits per heavy atom. The fourth-order valence-corrected chi connectivity index (χ4v) is 1.89. The lowest BCUT2D eigenvalue weighted by Crippen LogP contribution is -2.31. The number of hydrogen-bond donors (Lipinski definition) is 1. The van der Waals surface area contributed by atoms with Crippen molar-refractivity contribution < 1.29 is 17.9 Å². The van der Waals surface area contributed by atoms with Crippen LogP contribution in [0.2, 0.25) is 0 Å². The highest BCUT2D eigenvalue weighted by Gasteiger charge is 2.31. The summed E-state index contributed by atoms with van der Waals surface area (Å²) >= 11 is 0. The lowest BCUT2D eigenvalue weighted by atomic mass is 9.83. The molecule has 5 heteroatoms. The van der Waals surface area contributed by atoms with Gasteiger partial charge in [-0.15, -0.1) is 19.8 Å². The Morgan fingerprint density at radius 1 is 1.25 bits per heavy atom. The number of halogens is 3. The van der Waals surface area contributed by atoms with Gasteiger partial charge >= 0.3 is 6.36 Å². The van der Waals surface area contributed by atoms with Gasteiger partial charge in [-0.1, -0.05) is 32.1 Å². The molecule has 0 spiro atoms. The molecule has 1 aromatic carbocycles. The Bertz CT molecular complexity index is 428.